The second-order valence-corrected chi connectivity index (χ2v) is 6.18. The van der Waals surface area contributed by atoms with Gasteiger partial charge >= 0.3 is 0 Å². The van der Waals surface area contributed by atoms with E-state index >= 15 is 0 Å². The third kappa shape index (κ3) is 3.73. The predicted molar refractivity (Wildman–Crippen MR) is 93.7 cm³/mol. The molecular weight excluding hydrogens is 306 g/mol. The van der Waals surface area contributed by atoms with Crippen LogP contribution in [-0.2, 0) is 11.3 Å². The molecule has 0 radical (unpaired) electrons. The number of hydrogen-bond donors (Lipinski definition) is 2. The highest BCUT2D eigenvalue weighted by molar-refractivity contribution is 5.82. The van der Waals surface area contributed by atoms with Crippen molar-refractivity contribution in [2.75, 3.05) is 12.0 Å². The molecule has 2 N–H and O–H groups in total. The first-order valence-corrected chi connectivity index (χ1v) is 8.18. The Labute approximate surface area is 140 Å². The normalized spacial score (nSPS) is 17.7. The summed E-state index contributed by atoms with van der Waals surface area (Å²) in [5.74, 6) is 0.337. The SMILES string of the molecule is Cc1cc(=O)[nH]c(N/N=C\c2cc(C)n(C[C@@H]3CCCO3)c2C)n1. The van der Waals surface area contributed by atoms with Gasteiger partial charge in [0.15, 0.2) is 0 Å². The van der Waals surface area contributed by atoms with Gasteiger partial charge in [-0.1, -0.05) is 0 Å². The van der Waals surface area contributed by atoms with Crippen LogP contribution in [0.3, 0.4) is 0 Å². The maximum Gasteiger partial charge on any atom is 0.252 e. The zero-order valence-electron chi connectivity index (χ0n) is 14.3. The zero-order valence-corrected chi connectivity index (χ0v) is 14.3. The lowest BCUT2D eigenvalue weighted by molar-refractivity contribution is 0.0962. The Kier molecular flexibility index (Phi) is 4.80. The molecular formula is C17H23N5O2. The molecule has 1 atom stereocenters. The Morgan fingerprint density at radius 2 is 2.29 bits per heavy atom. The van der Waals surface area contributed by atoms with Crippen LogP contribution in [-0.4, -0.2) is 33.5 Å². The number of H-pyrrole nitrogens is 1. The van der Waals surface area contributed by atoms with Gasteiger partial charge in [0, 0.05) is 41.9 Å². The summed E-state index contributed by atoms with van der Waals surface area (Å²) in [7, 11) is 0. The molecule has 128 valence electrons. The molecule has 0 amide bonds. The third-order valence-corrected chi connectivity index (χ3v) is 4.27. The average molecular weight is 329 g/mol. The van der Waals surface area contributed by atoms with Crippen LogP contribution in [0.4, 0.5) is 5.95 Å². The van der Waals surface area contributed by atoms with Crippen molar-refractivity contribution in [3.63, 3.8) is 0 Å². The van der Waals surface area contributed by atoms with E-state index in [9.17, 15) is 4.79 Å². The van der Waals surface area contributed by atoms with Gasteiger partial charge in [-0.05, 0) is 39.7 Å². The van der Waals surface area contributed by atoms with Crippen LogP contribution < -0.4 is 11.0 Å². The first kappa shape index (κ1) is 16.4. The summed E-state index contributed by atoms with van der Waals surface area (Å²) in [6.07, 6.45) is 4.31. The summed E-state index contributed by atoms with van der Waals surface area (Å²) in [5.41, 5.74) is 6.59. The standard InChI is InChI=1S/C17H23N5O2/c1-11-7-16(23)20-17(19-11)21-18-9-14-8-12(2)22(13(14)3)10-15-5-4-6-24-15/h7-9,15H,4-6,10H2,1-3H3,(H2,19,20,21,23)/b18-9-/t15-/m0/s1. The summed E-state index contributed by atoms with van der Waals surface area (Å²) < 4.78 is 8.00. The summed E-state index contributed by atoms with van der Waals surface area (Å²) in [5, 5.41) is 4.19. The fourth-order valence-corrected chi connectivity index (χ4v) is 3.03. The molecule has 0 saturated carbocycles. The third-order valence-electron chi connectivity index (χ3n) is 4.27. The second kappa shape index (κ2) is 7.00. The Balaban J connectivity index is 1.71. The molecule has 0 spiro atoms. The molecule has 7 nitrogen and oxygen atoms in total. The molecule has 2 aromatic heterocycles. The maximum atomic E-state index is 11.4. The summed E-state index contributed by atoms with van der Waals surface area (Å²) in [4.78, 5) is 18.2. The van der Waals surface area contributed by atoms with Gasteiger partial charge in [0.25, 0.3) is 5.56 Å². The number of nitrogens with one attached hydrogen (secondary N) is 2. The van der Waals surface area contributed by atoms with Gasteiger partial charge in [-0.3, -0.25) is 9.78 Å². The lowest BCUT2D eigenvalue weighted by Gasteiger charge is -2.14. The second-order valence-electron chi connectivity index (χ2n) is 6.18. The monoisotopic (exact) mass is 329 g/mol. The maximum absolute atomic E-state index is 11.4. The van der Waals surface area contributed by atoms with Crippen LogP contribution in [0.1, 0.15) is 35.5 Å². The highest BCUT2D eigenvalue weighted by atomic mass is 16.5. The lowest BCUT2D eigenvalue weighted by atomic mass is 10.2. The van der Waals surface area contributed by atoms with Gasteiger partial charge in [0.1, 0.15) is 0 Å². The minimum Gasteiger partial charge on any atom is -0.376 e. The van der Waals surface area contributed by atoms with E-state index in [2.05, 4.69) is 45.0 Å². The number of ether oxygens (including phenoxy) is 1. The van der Waals surface area contributed by atoms with Gasteiger partial charge in [0.05, 0.1) is 12.3 Å². The Morgan fingerprint density at radius 1 is 1.46 bits per heavy atom. The molecule has 3 rings (SSSR count). The Morgan fingerprint density at radius 3 is 3.00 bits per heavy atom. The number of aromatic amines is 1. The molecule has 3 heterocycles. The molecule has 1 aliphatic rings. The minimum absolute atomic E-state index is 0.199. The molecule has 2 aromatic rings. The number of hydrogen-bond acceptors (Lipinski definition) is 5. The van der Waals surface area contributed by atoms with Crippen molar-refractivity contribution in [3.8, 4) is 0 Å². The molecule has 1 aliphatic heterocycles. The predicted octanol–water partition coefficient (Wildman–Crippen LogP) is 2.12. The fraction of sp³-hybridized carbons (Fsp3) is 0.471. The average Bonchev–Trinajstić information content (AvgIpc) is 3.11. The highest BCUT2D eigenvalue weighted by Crippen LogP contribution is 2.19. The van der Waals surface area contributed by atoms with Crippen LogP contribution in [0.5, 0.6) is 0 Å². The first-order chi connectivity index (χ1) is 11.5. The largest absolute Gasteiger partial charge is 0.376 e. The number of aromatic nitrogens is 3. The van der Waals surface area contributed by atoms with E-state index in [0.29, 0.717) is 17.7 Å². The molecule has 24 heavy (non-hydrogen) atoms. The molecule has 0 aromatic carbocycles. The van der Waals surface area contributed by atoms with E-state index in [0.717, 1.165) is 37.3 Å². The van der Waals surface area contributed by atoms with E-state index in [4.69, 9.17) is 4.74 Å². The fourth-order valence-electron chi connectivity index (χ4n) is 3.03. The van der Waals surface area contributed by atoms with Crippen molar-refractivity contribution in [2.24, 2.45) is 5.10 Å². The van der Waals surface area contributed by atoms with Crippen molar-refractivity contribution in [2.45, 2.75) is 46.3 Å². The lowest BCUT2D eigenvalue weighted by Crippen LogP contribution is -2.16. The Hall–Kier alpha value is -2.41. The molecule has 0 unspecified atom stereocenters. The molecule has 0 bridgehead atoms. The van der Waals surface area contributed by atoms with E-state index in [1.165, 1.54) is 11.8 Å². The van der Waals surface area contributed by atoms with E-state index in [1.807, 2.05) is 0 Å². The highest BCUT2D eigenvalue weighted by Gasteiger charge is 2.18. The number of anilines is 1. The van der Waals surface area contributed by atoms with Crippen LogP contribution >= 0.6 is 0 Å². The van der Waals surface area contributed by atoms with Crippen LogP contribution in [0.25, 0.3) is 0 Å². The summed E-state index contributed by atoms with van der Waals surface area (Å²) >= 11 is 0. The first-order valence-electron chi connectivity index (χ1n) is 8.18. The van der Waals surface area contributed by atoms with E-state index in [-0.39, 0.29) is 5.56 Å². The van der Waals surface area contributed by atoms with Crippen molar-refractivity contribution < 1.29 is 4.74 Å². The van der Waals surface area contributed by atoms with Crippen LogP contribution in [0.15, 0.2) is 22.0 Å². The molecule has 0 aliphatic carbocycles. The Bertz CT molecular complexity index is 800. The van der Waals surface area contributed by atoms with Gasteiger partial charge in [-0.15, -0.1) is 0 Å². The zero-order chi connectivity index (χ0) is 17.1. The van der Waals surface area contributed by atoms with E-state index in [1.54, 1.807) is 13.1 Å². The topological polar surface area (TPSA) is 84.3 Å². The van der Waals surface area contributed by atoms with Crippen LogP contribution in [0, 0.1) is 20.8 Å². The summed E-state index contributed by atoms with van der Waals surface area (Å²) in [6.45, 7) is 7.68. The smallest absolute Gasteiger partial charge is 0.252 e. The number of aryl methyl sites for hydroxylation is 2. The molecule has 1 fully saturated rings. The number of hydrazone groups is 1. The van der Waals surface area contributed by atoms with Crippen molar-refractivity contribution in [3.05, 3.63) is 45.1 Å². The van der Waals surface area contributed by atoms with Crippen molar-refractivity contribution >= 4 is 12.2 Å². The van der Waals surface area contributed by atoms with Crippen molar-refractivity contribution in [1.29, 1.82) is 0 Å². The number of rotatable bonds is 5. The molecule has 7 heteroatoms. The van der Waals surface area contributed by atoms with Crippen LogP contribution in [0.2, 0.25) is 0 Å². The van der Waals surface area contributed by atoms with Gasteiger partial charge in [-0.25, -0.2) is 10.4 Å². The van der Waals surface area contributed by atoms with Crippen molar-refractivity contribution in [1.82, 2.24) is 14.5 Å². The number of nitrogens with zero attached hydrogens (tertiary/aromatic N) is 3. The van der Waals surface area contributed by atoms with Gasteiger partial charge in [-0.2, -0.15) is 5.10 Å². The minimum atomic E-state index is -0.199. The molecule has 1 saturated heterocycles. The van der Waals surface area contributed by atoms with Gasteiger partial charge < -0.3 is 9.30 Å². The summed E-state index contributed by atoms with van der Waals surface area (Å²) in [6, 6.07) is 3.54. The quantitative estimate of drug-likeness (QED) is 0.650. The van der Waals surface area contributed by atoms with Gasteiger partial charge in [0.2, 0.25) is 5.95 Å². The van der Waals surface area contributed by atoms with E-state index < -0.39 is 0 Å².